The molecule has 1 heterocycles. The van der Waals surface area contributed by atoms with Gasteiger partial charge in [0.05, 0.1) is 28.3 Å². The molecule has 1 atom stereocenters. The van der Waals surface area contributed by atoms with Crippen molar-refractivity contribution >= 4 is 5.78 Å². The molecule has 2 aliphatic rings. The number of ketones is 1. The lowest BCUT2D eigenvalue weighted by Gasteiger charge is -2.45. The van der Waals surface area contributed by atoms with Crippen LogP contribution in [0.4, 0.5) is 0 Å². The van der Waals surface area contributed by atoms with E-state index in [0.29, 0.717) is 39.9 Å². The summed E-state index contributed by atoms with van der Waals surface area (Å²) < 4.78 is 11.0. The van der Waals surface area contributed by atoms with Gasteiger partial charge < -0.3 is 24.2 Å². The first-order valence-electron chi connectivity index (χ1n) is 8.49. The maximum atomic E-state index is 12.8. The number of rotatable bonds is 2. The van der Waals surface area contributed by atoms with Gasteiger partial charge in [0.1, 0.15) is 12.6 Å². The largest absolute Gasteiger partial charge is 0.504 e. The molecule has 0 unspecified atom stereocenters. The van der Waals surface area contributed by atoms with Crippen molar-refractivity contribution in [2.75, 3.05) is 34.9 Å². The fourth-order valence-electron chi connectivity index (χ4n) is 4.35. The zero-order valence-electron chi connectivity index (χ0n) is 15.3. The summed E-state index contributed by atoms with van der Waals surface area (Å²) in [5.41, 5.74) is 3.24. The van der Waals surface area contributed by atoms with Gasteiger partial charge in [0.2, 0.25) is 5.78 Å². The summed E-state index contributed by atoms with van der Waals surface area (Å²) in [5, 5.41) is 21.7. The van der Waals surface area contributed by atoms with E-state index >= 15 is 0 Å². The number of phenols is 2. The number of Topliss-reactive ketones (excluding diaryl/α,β-unsaturated/α-hetero) is 1. The molecule has 0 bridgehead atoms. The monoisotopic (exact) mass is 356 g/mol. The van der Waals surface area contributed by atoms with Crippen LogP contribution in [-0.2, 0) is 6.42 Å². The second-order valence-electron chi connectivity index (χ2n) is 7.49. The standard InChI is InChI=1S/C20H21NO5/c1-21(2)9-13(22)11-8-15(26-4)20(24)18-16-10(7-12(21)17(11)18)5-6-14(25-3)19(16)23/h5-6,8,12H,7,9H2,1-4H3,(H-,22,23,24)/p+1/t12-/m0/s1. The second kappa shape index (κ2) is 5.38. The lowest BCUT2D eigenvalue weighted by molar-refractivity contribution is -0.914. The maximum absolute atomic E-state index is 12.8. The van der Waals surface area contributed by atoms with Crippen LogP contribution in [0.2, 0.25) is 0 Å². The molecule has 0 saturated heterocycles. The van der Waals surface area contributed by atoms with Gasteiger partial charge in [0.15, 0.2) is 23.0 Å². The number of benzene rings is 2. The van der Waals surface area contributed by atoms with Crippen molar-refractivity contribution in [3.63, 3.8) is 0 Å². The average Bonchev–Trinajstić information content (AvgIpc) is 2.60. The van der Waals surface area contributed by atoms with Crippen LogP contribution in [0.3, 0.4) is 0 Å². The first-order chi connectivity index (χ1) is 12.3. The van der Waals surface area contributed by atoms with E-state index in [1.54, 1.807) is 12.1 Å². The molecule has 2 aromatic carbocycles. The van der Waals surface area contributed by atoms with Gasteiger partial charge in [-0.2, -0.15) is 0 Å². The third-order valence-corrected chi connectivity index (χ3v) is 5.66. The van der Waals surface area contributed by atoms with Crippen LogP contribution in [0.1, 0.15) is 27.5 Å². The highest BCUT2D eigenvalue weighted by Gasteiger charge is 2.47. The van der Waals surface area contributed by atoms with E-state index in [2.05, 4.69) is 0 Å². The number of carbonyl (C=O) groups excluding carboxylic acids is 1. The quantitative estimate of drug-likeness (QED) is 0.809. The Kier molecular flexibility index (Phi) is 3.46. The highest BCUT2D eigenvalue weighted by atomic mass is 16.5. The minimum absolute atomic E-state index is 0.00614. The number of hydrogen-bond acceptors (Lipinski definition) is 5. The van der Waals surface area contributed by atoms with Crippen molar-refractivity contribution in [3.05, 3.63) is 34.9 Å². The smallest absolute Gasteiger partial charge is 0.217 e. The van der Waals surface area contributed by atoms with E-state index in [0.717, 1.165) is 11.1 Å². The predicted molar refractivity (Wildman–Crippen MR) is 96.1 cm³/mol. The van der Waals surface area contributed by atoms with Gasteiger partial charge in [-0.25, -0.2) is 0 Å². The molecule has 2 N–H and O–H groups in total. The third kappa shape index (κ3) is 2.05. The summed E-state index contributed by atoms with van der Waals surface area (Å²) in [5.74, 6) is 0.474. The fraction of sp³-hybridized carbons (Fsp3) is 0.350. The molecule has 1 aliphatic heterocycles. The third-order valence-electron chi connectivity index (χ3n) is 5.66. The lowest BCUT2D eigenvalue weighted by atomic mass is 9.75. The highest BCUT2D eigenvalue weighted by molar-refractivity contribution is 6.04. The molecule has 0 radical (unpaired) electrons. The van der Waals surface area contributed by atoms with Gasteiger partial charge in [0, 0.05) is 28.7 Å². The second-order valence-corrected chi connectivity index (χ2v) is 7.49. The van der Waals surface area contributed by atoms with E-state index in [-0.39, 0.29) is 29.1 Å². The van der Waals surface area contributed by atoms with Crippen molar-refractivity contribution in [1.82, 2.24) is 0 Å². The van der Waals surface area contributed by atoms with Crippen molar-refractivity contribution in [2.45, 2.75) is 12.5 Å². The summed E-state index contributed by atoms with van der Waals surface area (Å²) in [6.45, 7) is 0.377. The van der Waals surface area contributed by atoms with E-state index < -0.39 is 0 Å². The highest BCUT2D eigenvalue weighted by Crippen LogP contribution is 2.56. The molecule has 0 spiro atoms. The Morgan fingerprint density at radius 3 is 2.35 bits per heavy atom. The molecule has 0 saturated carbocycles. The zero-order chi connectivity index (χ0) is 18.8. The van der Waals surface area contributed by atoms with Gasteiger partial charge in [0.25, 0.3) is 0 Å². The Morgan fingerprint density at radius 2 is 1.69 bits per heavy atom. The van der Waals surface area contributed by atoms with Gasteiger partial charge in [-0.3, -0.25) is 4.79 Å². The molecule has 26 heavy (non-hydrogen) atoms. The van der Waals surface area contributed by atoms with Crippen molar-refractivity contribution in [3.8, 4) is 34.1 Å². The number of carbonyl (C=O) groups is 1. The molecular formula is C20H22NO5+. The van der Waals surface area contributed by atoms with Crippen molar-refractivity contribution in [2.24, 2.45) is 0 Å². The van der Waals surface area contributed by atoms with Gasteiger partial charge >= 0.3 is 0 Å². The Balaban J connectivity index is 2.15. The van der Waals surface area contributed by atoms with Crippen LogP contribution in [0, 0.1) is 0 Å². The summed E-state index contributed by atoms with van der Waals surface area (Å²) in [6.07, 6.45) is 0.666. The van der Waals surface area contributed by atoms with E-state index in [1.165, 1.54) is 14.2 Å². The summed E-state index contributed by atoms with van der Waals surface area (Å²) in [6, 6.07) is 5.26. The van der Waals surface area contributed by atoms with Gasteiger partial charge in [-0.05, 0) is 17.7 Å². The number of likely N-dealkylation sites (N-methyl/N-ethyl adjacent to an activating group) is 1. The number of aromatic hydroxyl groups is 2. The first kappa shape index (κ1) is 16.7. The van der Waals surface area contributed by atoms with E-state index in [1.807, 2.05) is 20.2 Å². The minimum atomic E-state index is -0.0598. The molecule has 4 rings (SSSR count). The van der Waals surface area contributed by atoms with Crippen LogP contribution in [-0.4, -0.2) is 55.3 Å². The number of hydrogen-bond donors (Lipinski definition) is 2. The maximum Gasteiger partial charge on any atom is 0.217 e. The van der Waals surface area contributed by atoms with Crippen molar-refractivity contribution < 1.29 is 29.0 Å². The van der Waals surface area contributed by atoms with E-state index in [4.69, 9.17) is 9.47 Å². The molecule has 6 nitrogen and oxygen atoms in total. The number of quaternary nitrogens is 1. The Bertz CT molecular complexity index is 948. The van der Waals surface area contributed by atoms with E-state index in [9.17, 15) is 15.0 Å². The van der Waals surface area contributed by atoms with Crippen LogP contribution < -0.4 is 9.47 Å². The fourth-order valence-corrected chi connectivity index (χ4v) is 4.35. The van der Waals surface area contributed by atoms with Crippen LogP contribution in [0.15, 0.2) is 18.2 Å². The average molecular weight is 356 g/mol. The molecule has 6 heteroatoms. The molecule has 2 aromatic rings. The van der Waals surface area contributed by atoms with Crippen LogP contribution in [0.25, 0.3) is 11.1 Å². The van der Waals surface area contributed by atoms with Crippen LogP contribution >= 0.6 is 0 Å². The molecular weight excluding hydrogens is 334 g/mol. The Labute approximate surface area is 151 Å². The number of ether oxygens (including phenoxy) is 2. The lowest BCUT2D eigenvalue weighted by Crippen LogP contribution is -2.52. The molecule has 0 fully saturated rings. The number of methoxy groups -OCH3 is 2. The summed E-state index contributed by atoms with van der Waals surface area (Å²) in [4.78, 5) is 12.8. The SMILES string of the molecule is COc1ccc2c(c1O)-c1c(O)c(OC)cc3c1[C@H](C2)[N+](C)(C)CC3=O. The van der Waals surface area contributed by atoms with Crippen LogP contribution in [0.5, 0.6) is 23.0 Å². The molecule has 0 amide bonds. The minimum Gasteiger partial charge on any atom is -0.504 e. The summed E-state index contributed by atoms with van der Waals surface area (Å²) in [7, 11) is 6.97. The Hall–Kier alpha value is -2.73. The predicted octanol–water partition coefficient (Wildman–Crippen LogP) is 2.65. The Morgan fingerprint density at radius 1 is 1.04 bits per heavy atom. The molecule has 0 aromatic heterocycles. The zero-order valence-corrected chi connectivity index (χ0v) is 15.3. The normalized spacial score (nSPS) is 19.5. The number of fused-ring (bicyclic) bond motifs is 2. The number of nitrogens with zero attached hydrogens (tertiary/aromatic N) is 1. The topological polar surface area (TPSA) is 76.0 Å². The van der Waals surface area contributed by atoms with Gasteiger partial charge in [-0.15, -0.1) is 0 Å². The van der Waals surface area contributed by atoms with Gasteiger partial charge in [-0.1, -0.05) is 6.07 Å². The van der Waals surface area contributed by atoms with Crippen molar-refractivity contribution in [1.29, 1.82) is 0 Å². The molecule has 136 valence electrons. The first-order valence-corrected chi connectivity index (χ1v) is 8.49. The number of phenolic OH excluding ortho intramolecular Hbond substituents is 2. The molecule has 1 aliphatic carbocycles. The summed E-state index contributed by atoms with van der Waals surface area (Å²) >= 11 is 0.